The van der Waals surface area contributed by atoms with Gasteiger partial charge in [-0.15, -0.1) is 24.0 Å². The number of aliphatic imine (C=N–C) groups is 1. The molecule has 2 fully saturated rings. The highest BCUT2D eigenvalue weighted by molar-refractivity contribution is 14.0. The maximum absolute atomic E-state index is 4.99. The molecule has 158 valence electrons. The van der Waals surface area contributed by atoms with Crippen molar-refractivity contribution in [3.05, 3.63) is 53.6 Å². The molecule has 1 saturated heterocycles. The van der Waals surface area contributed by atoms with Crippen LogP contribution in [0.15, 0.2) is 41.7 Å². The van der Waals surface area contributed by atoms with Gasteiger partial charge < -0.3 is 14.8 Å². The van der Waals surface area contributed by atoms with Gasteiger partial charge in [0.25, 0.3) is 0 Å². The Labute approximate surface area is 192 Å². The summed E-state index contributed by atoms with van der Waals surface area (Å²) in [6, 6.07) is 8.78. The first-order valence-electron chi connectivity index (χ1n) is 10.8. The lowest BCUT2D eigenvalue weighted by atomic mass is 9.86. The summed E-state index contributed by atoms with van der Waals surface area (Å²) in [5.41, 5.74) is 3.13. The van der Waals surface area contributed by atoms with E-state index in [9.17, 15) is 0 Å². The van der Waals surface area contributed by atoms with Gasteiger partial charge in [-0.1, -0.05) is 37.1 Å². The number of imidazole rings is 1. The van der Waals surface area contributed by atoms with E-state index < -0.39 is 0 Å². The lowest BCUT2D eigenvalue weighted by Gasteiger charge is -2.26. The second-order valence-corrected chi connectivity index (χ2v) is 8.47. The van der Waals surface area contributed by atoms with Crippen molar-refractivity contribution in [3.8, 4) is 0 Å². The van der Waals surface area contributed by atoms with Crippen LogP contribution in [0.1, 0.15) is 56.0 Å². The van der Waals surface area contributed by atoms with E-state index in [2.05, 4.69) is 51.0 Å². The third kappa shape index (κ3) is 5.32. The smallest absolute Gasteiger partial charge is 0.194 e. The van der Waals surface area contributed by atoms with E-state index >= 15 is 0 Å². The zero-order valence-corrected chi connectivity index (χ0v) is 20.1. The zero-order valence-electron chi connectivity index (χ0n) is 17.7. The van der Waals surface area contributed by atoms with E-state index in [1.165, 1.54) is 49.8 Å². The van der Waals surface area contributed by atoms with Crippen LogP contribution in [0.25, 0.3) is 0 Å². The Balaban J connectivity index is 0.00000240. The lowest BCUT2D eigenvalue weighted by Crippen LogP contribution is -2.41. The fourth-order valence-corrected chi connectivity index (χ4v) is 4.83. The van der Waals surface area contributed by atoms with Gasteiger partial charge in [-0.25, -0.2) is 9.98 Å². The number of hydrogen-bond acceptors (Lipinski definition) is 2. The topological polar surface area (TPSA) is 45.5 Å². The molecule has 1 N–H and O–H groups in total. The molecule has 2 aliphatic rings. The third-order valence-corrected chi connectivity index (χ3v) is 6.42. The Bertz CT molecular complexity index is 822. The Morgan fingerprint density at radius 3 is 2.72 bits per heavy atom. The fraction of sp³-hybridized carbons (Fsp3) is 0.565. The lowest BCUT2D eigenvalue weighted by molar-refractivity contribution is 0.309. The summed E-state index contributed by atoms with van der Waals surface area (Å²) >= 11 is 0. The number of hydrogen-bond donors (Lipinski definition) is 1. The molecule has 1 aromatic carbocycles. The number of halogens is 1. The molecule has 2 heterocycles. The van der Waals surface area contributed by atoms with Crippen molar-refractivity contribution in [1.82, 2.24) is 19.8 Å². The highest BCUT2D eigenvalue weighted by atomic mass is 127. The molecule has 0 amide bonds. The van der Waals surface area contributed by atoms with E-state index in [1.54, 1.807) is 0 Å². The molecule has 1 aromatic heterocycles. The Morgan fingerprint density at radius 2 is 2.00 bits per heavy atom. The van der Waals surface area contributed by atoms with Crippen LogP contribution in [0.3, 0.4) is 0 Å². The SMILES string of the molecule is CCNC(=NCc1cccc(Cn2ccnc2C)c1)N1CCC2(CCCC2)C1.I. The highest BCUT2D eigenvalue weighted by Crippen LogP contribution is 2.45. The highest BCUT2D eigenvalue weighted by Gasteiger charge is 2.41. The standard InChI is InChI=1S/C23H33N5.HI/c1-3-24-22(28-13-11-23(18-28)9-4-5-10-23)26-16-20-7-6-8-21(15-20)17-27-14-12-25-19(27)2;/h6-8,12,14-15H,3-5,9-11,13,16-18H2,1-2H3,(H,24,26);1H. The summed E-state index contributed by atoms with van der Waals surface area (Å²) in [4.78, 5) is 11.8. The number of aromatic nitrogens is 2. The second-order valence-electron chi connectivity index (χ2n) is 8.47. The van der Waals surface area contributed by atoms with Crippen LogP contribution < -0.4 is 5.32 Å². The van der Waals surface area contributed by atoms with E-state index in [0.29, 0.717) is 5.41 Å². The van der Waals surface area contributed by atoms with Crippen molar-refractivity contribution in [2.75, 3.05) is 19.6 Å². The third-order valence-electron chi connectivity index (χ3n) is 6.42. The first kappa shape index (κ1) is 22.1. The molecule has 0 bridgehead atoms. The molecule has 1 aliphatic carbocycles. The fourth-order valence-electron chi connectivity index (χ4n) is 4.83. The summed E-state index contributed by atoms with van der Waals surface area (Å²) in [6.45, 7) is 9.03. The largest absolute Gasteiger partial charge is 0.357 e. The Kier molecular flexibility index (Phi) is 7.60. The summed E-state index contributed by atoms with van der Waals surface area (Å²) in [6.07, 6.45) is 10.8. The summed E-state index contributed by atoms with van der Waals surface area (Å²) < 4.78 is 2.18. The van der Waals surface area contributed by atoms with E-state index in [1.807, 2.05) is 19.3 Å². The Morgan fingerprint density at radius 1 is 1.21 bits per heavy atom. The van der Waals surface area contributed by atoms with Crippen LogP contribution in [-0.2, 0) is 13.1 Å². The molecule has 2 aromatic rings. The predicted octanol–water partition coefficient (Wildman–Crippen LogP) is 4.59. The molecule has 4 rings (SSSR count). The first-order chi connectivity index (χ1) is 13.7. The number of benzene rings is 1. The molecular formula is C23H34IN5. The minimum absolute atomic E-state index is 0. The first-order valence-corrected chi connectivity index (χ1v) is 10.8. The summed E-state index contributed by atoms with van der Waals surface area (Å²) in [5.74, 6) is 2.13. The van der Waals surface area contributed by atoms with Crippen molar-refractivity contribution in [2.24, 2.45) is 10.4 Å². The van der Waals surface area contributed by atoms with Gasteiger partial charge in [0.1, 0.15) is 5.82 Å². The van der Waals surface area contributed by atoms with E-state index in [-0.39, 0.29) is 24.0 Å². The molecule has 1 spiro atoms. The van der Waals surface area contributed by atoms with Crippen molar-refractivity contribution in [2.45, 2.75) is 59.0 Å². The van der Waals surface area contributed by atoms with Gasteiger partial charge in [0.05, 0.1) is 6.54 Å². The molecule has 6 heteroatoms. The average Bonchev–Trinajstić information content (AvgIpc) is 3.43. The van der Waals surface area contributed by atoms with Gasteiger partial charge in [0.2, 0.25) is 0 Å². The van der Waals surface area contributed by atoms with Crippen LogP contribution >= 0.6 is 24.0 Å². The van der Waals surface area contributed by atoms with Crippen LogP contribution in [0.4, 0.5) is 0 Å². The predicted molar refractivity (Wildman–Crippen MR) is 130 cm³/mol. The van der Waals surface area contributed by atoms with Crippen molar-refractivity contribution in [3.63, 3.8) is 0 Å². The van der Waals surface area contributed by atoms with Gasteiger partial charge in [0, 0.05) is 38.6 Å². The normalized spacial score (nSPS) is 18.3. The molecular weight excluding hydrogens is 473 g/mol. The van der Waals surface area contributed by atoms with E-state index in [0.717, 1.165) is 38.0 Å². The number of likely N-dealkylation sites (tertiary alicyclic amines) is 1. The van der Waals surface area contributed by atoms with Gasteiger partial charge in [0.15, 0.2) is 5.96 Å². The average molecular weight is 507 g/mol. The molecule has 1 aliphatic heterocycles. The molecule has 0 radical (unpaired) electrons. The van der Waals surface area contributed by atoms with Crippen molar-refractivity contribution in [1.29, 1.82) is 0 Å². The summed E-state index contributed by atoms with van der Waals surface area (Å²) in [7, 11) is 0. The monoisotopic (exact) mass is 507 g/mol. The number of nitrogens with zero attached hydrogens (tertiary/aromatic N) is 4. The van der Waals surface area contributed by atoms with E-state index in [4.69, 9.17) is 4.99 Å². The Hall–Kier alpha value is -1.57. The number of aryl methyl sites for hydroxylation is 1. The quantitative estimate of drug-likeness (QED) is 0.366. The number of rotatable bonds is 5. The maximum Gasteiger partial charge on any atom is 0.194 e. The zero-order chi connectivity index (χ0) is 19.4. The van der Waals surface area contributed by atoms with Gasteiger partial charge in [-0.2, -0.15) is 0 Å². The molecule has 0 atom stereocenters. The molecule has 5 nitrogen and oxygen atoms in total. The van der Waals surface area contributed by atoms with Crippen LogP contribution in [0.2, 0.25) is 0 Å². The minimum atomic E-state index is 0. The second kappa shape index (κ2) is 9.96. The summed E-state index contributed by atoms with van der Waals surface area (Å²) in [5, 5.41) is 3.52. The molecule has 0 unspecified atom stereocenters. The van der Waals surface area contributed by atoms with Gasteiger partial charge >= 0.3 is 0 Å². The van der Waals surface area contributed by atoms with Crippen LogP contribution in [0.5, 0.6) is 0 Å². The minimum Gasteiger partial charge on any atom is -0.357 e. The van der Waals surface area contributed by atoms with Crippen molar-refractivity contribution < 1.29 is 0 Å². The number of guanidine groups is 1. The number of nitrogens with one attached hydrogen (secondary N) is 1. The van der Waals surface area contributed by atoms with Crippen LogP contribution in [-0.4, -0.2) is 40.0 Å². The maximum atomic E-state index is 4.99. The van der Waals surface area contributed by atoms with Crippen LogP contribution in [0, 0.1) is 12.3 Å². The van der Waals surface area contributed by atoms with Crippen molar-refractivity contribution >= 4 is 29.9 Å². The van der Waals surface area contributed by atoms with Gasteiger partial charge in [-0.05, 0) is 49.7 Å². The molecule has 29 heavy (non-hydrogen) atoms. The molecule has 1 saturated carbocycles. The van der Waals surface area contributed by atoms with Gasteiger partial charge in [-0.3, -0.25) is 0 Å².